The van der Waals surface area contributed by atoms with Crippen LogP contribution in [0.4, 0.5) is 0 Å². The molecule has 1 N–H and O–H groups in total. The molecule has 1 heteroatoms. The SMILES string of the molecule is C.CNC(C)c1ccccc1. The highest BCUT2D eigenvalue weighted by Gasteiger charge is 1.97. The molecule has 11 heavy (non-hydrogen) atoms. The van der Waals surface area contributed by atoms with Crippen LogP contribution in [0.15, 0.2) is 30.3 Å². The summed E-state index contributed by atoms with van der Waals surface area (Å²) in [5.41, 5.74) is 1.34. The van der Waals surface area contributed by atoms with Crippen LogP contribution in [0.1, 0.15) is 26.0 Å². The summed E-state index contributed by atoms with van der Waals surface area (Å²) in [6, 6.07) is 10.9. The Morgan fingerprint density at radius 2 is 1.73 bits per heavy atom. The van der Waals surface area contributed by atoms with Crippen molar-refractivity contribution in [2.45, 2.75) is 20.4 Å². The van der Waals surface area contributed by atoms with Gasteiger partial charge in [-0.2, -0.15) is 0 Å². The van der Waals surface area contributed by atoms with Gasteiger partial charge in [0.2, 0.25) is 0 Å². The normalized spacial score (nSPS) is 11.8. The fourth-order valence-electron chi connectivity index (χ4n) is 0.908. The third-order valence-electron chi connectivity index (χ3n) is 1.73. The third kappa shape index (κ3) is 2.72. The van der Waals surface area contributed by atoms with Crippen LogP contribution >= 0.6 is 0 Å². The Balaban J connectivity index is 0.000001000. The van der Waals surface area contributed by atoms with Gasteiger partial charge in [0.25, 0.3) is 0 Å². The van der Waals surface area contributed by atoms with E-state index in [2.05, 4.69) is 36.5 Å². The van der Waals surface area contributed by atoms with Crippen molar-refractivity contribution in [2.75, 3.05) is 7.05 Å². The average Bonchev–Trinajstić information content (AvgIpc) is 2.05. The van der Waals surface area contributed by atoms with Crippen LogP contribution in [0.3, 0.4) is 0 Å². The smallest absolute Gasteiger partial charge is 0.0289 e. The molecule has 0 saturated heterocycles. The van der Waals surface area contributed by atoms with Gasteiger partial charge in [0.05, 0.1) is 0 Å². The molecule has 62 valence electrons. The summed E-state index contributed by atoms with van der Waals surface area (Å²) >= 11 is 0. The second-order valence-electron chi connectivity index (χ2n) is 2.42. The number of hydrogen-bond donors (Lipinski definition) is 1. The zero-order chi connectivity index (χ0) is 7.40. The summed E-state index contributed by atoms with van der Waals surface area (Å²) < 4.78 is 0. The van der Waals surface area contributed by atoms with Gasteiger partial charge >= 0.3 is 0 Å². The fraction of sp³-hybridized carbons (Fsp3) is 0.400. The lowest BCUT2D eigenvalue weighted by Gasteiger charge is -2.08. The Morgan fingerprint density at radius 3 is 2.18 bits per heavy atom. The maximum Gasteiger partial charge on any atom is 0.0289 e. The second kappa shape index (κ2) is 4.91. The molecule has 0 radical (unpaired) electrons. The van der Waals surface area contributed by atoms with Gasteiger partial charge in [0.1, 0.15) is 0 Å². The van der Waals surface area contributed by atoms with E-state index in [0.29, 0.717) is 6.04 Å². The fourth-order valence-corrected chi connectivity index (χ4v) is 0.908. The van der Waals surface area contributed by atoms with Crippen molar-refractivity contribution in [3.05, 3.63) is 35.9 Å². The van der Waals surface area contributed by atoms with Gasteiger partial charge in [-0.3, -0.25) is 0 Å². The Bertz CT molecular complexity index is 181. The summed E-state index contributed by atoms with van der Waals surface area (Å²) in [5.74, 6) is 0. The lowest BCUT2D eigenvalue weighted by molar-refractivity contribution is 0.652. The first-order chi connectivity index (χ1) is 4.84. The molecule has 1 unspecified atom stereocenters. The summed E-state index contributed by atoms with van der Waals surface area (Å²) in [6.45, 7) is 2.15. The van der Waals surface area contributed by atoms with E-state index in [4.69, 9.17) is 0 Å². The zero-order valence-electron chi connectivity index (χ0n) is 6.46. The Hall–Kier alpha value is -0.820. The quantitative estimate of drug-likeness (QED) is 0.685. The van der Waals surface area contributed by atoms with Gasteiger partial charge < -0.3 is 5.32 Å². The predicted octanol–water partition coefficient (Wildman–Crippen LogP) is 2.60. The highest BCUT2D eigenvalue weighted by molar-refractivity contribution is 5.17. The molecular formula is C10H17N. The van der Waals surface area contributed by atoms with Gasteiger partial charge in [-0.05, 0) is 19.5 Å². The van der Waals surface area contributed by atoms with E-state index in [-0.39, 0.29) is 7.43 Å². The van der Waals surface area contributed by atoms with E-state index >= 15 is 0 Å². The zero-order valence-corrected chi connectivity index (χ0v) is 6.46. The van der Waals surface area contributed by atoms with Crippen LogP contribution in [0.25, 0.3) is 0 Å². The molecule has 0 amide bonds. The maximum atomic E-state index is 3.18. The monoisotopic (exact) mass is 151 g/mol. The van der Waals surface area contributed by atoms with E-state index in [0.717, 1.165) is 0 Å². The number of nitrogens with one attached hydrogen (secondary N) is 1. The van der Waals surface area contributed by atoms with Crippen LogP contribution in [0.5, 0.6) is 0 Å². The van der Waals surface area contributed by atoms with Crippen LogP contribution < -0.4 is 5.32 Å². The van der Waals surface area contributed by atoms with Crippen molar-refractivity contribution < 1.29 is 0 Å². The van der Waals surface area contributed by atoms with Crippen molar-refractivity contribution in [3.63, 3.8) is 0 Å². The summed E-state index contributed by atoms with van der Waals surface area (Å²) in [6.07, 6.45) is 0. The van der Waals surface area contributed by atoms with Crippen LogP contribution in [-0.4, -0.2) is 7.05 Å². The van der Waals surface area contributed by atoms with Crippen molar-refractivity contribution in [1.29, 1.82) is 0 Å². The summed E-state index contributed by atoms with van der Waals surface area (Å²) in [4.78, 5) is 0. The van der Waals surface area contributed by atoms with Gasteiger partial charge in [0, 0.05) is 6.04 Å². The largest absolute Gasteiger partial charge is 0.313 e. The predicted molar refractivity (Wildman–Crippen MR) is 50.6 cm³/mol. The molecule has 0 saturated carbocycles. The molecule has 0 aliphatic rings. The Labute approximate surface area is 69.4 Å². The molecule has 0 aliphatic heterocycles. The molecule has 0 heterocycles. The third-order valence-corrected chi connectivity index (χ3v) is 1.73. The van der Waals surface area contributed by atoms with Crippen molar-refractivity contribution in [2.24, 2.45) is 0 Å². The van der Waals surface area contributed by atoms with Crippen molar-refractivity contribution >= 4 is 0 Å². The molecule has 1 nitrogen and oxygen atoms in total. The molecular weight excluding hydrogens is 134 g/mol. The Kier molecular flexibility index (Phi) is 4.55. The van der Waals surface area contributed by atoms with Crippen molar-refractivity contribution in [1.82, 2.24) is 5.32 Å². The lowest BCUT2D eigenvalue weighted by atomic mass is 10.1. The number of rotatable bonds is 2. The minimum absolute atomic E-state index is 0. The first-order valence-electron chi connectivity index (χ1n) is 3.57. The van der Waals surface area contributed by atoms with Crippen LogP contribution in [0.2, 0.25) is 0 Å². The topological polar surface area (TPSA) is 12.0 Å². The van der Waals surface area contributed by atoms with Crippen LogP contribution in [-0.2, 0) is 0 Å². The van der Waals surface area contributed by atoms with Gasteiger partial charge in [0.15, 0.2) is 0 Å². The van der Waals surface area contributed by atoms with E-state index in [9.17, 15) is 0 Å². The van der Waals surface area contributed by atoms with Gasteiger partial charge in [-0.25, -0.2) is 0 Å². The highest BCUT2D eigenvalue weighted by atomic mass is 14.8. The molecule has 1 rings (SSSR count). The molecule has 0 spiro atoms. The first kappa shape index (κ1) is 10.2. The highest BCUT2D eigenvalue weighted by Crippen LogP contribution is 2.09. The average molecular weight is 151 g/mol. The van der Waals surface area contributed by atoms with E-state index in [1.54, 1.807) is 0 Å². The summed E-state index contributed by atoms with van der Waals surface area (Å²) in [5, 5.41) is 3.18. The van der Waals surface area contributed by atoms with Gasteiger partial charge in [-0.1, -0.05) is 37.8 Å². The molecule has 0 aliphatic carbocycles. The number of hydrogen-bond acceptors (Lipinski definition) is 1. The lowest BCUT2D eigenvalue weighted by Crippen LogP contribution is -2.11. The minimum Gasteiger partial charge on any atom is -0.313 e. The molecule has 1 atom stereocenters. The second-order valence-corrected chi connectivity index (χ2v) is 2.42. The molecule has 0 aromatic heterocycles. The molecule has 1 aromatic rings. The minimum atomic E-state index is 0. The molecule has 1 aromatic carbocycles. The molecule has 0 bridgehead atoms. The first-order valence-corrected chi connectivity index (χ1v) is 3.57. The van der Waals surface area contributed by atoms with Crippen molar-refractivity contribution in [3.8, 4) is 0 Å². The Morgan fingerprint density at radius 1 is 1.18 bits per heavy atom. The standard InChI is InChI=1S/C9H13N.CH4/c1-8(10-2)9-6-4-3-5-7-9;/h3-8,10H,1-2H3;1H4. The molecule has 0 fully saturated rings. The van der Waals surface area contributed by atoms with Gasteiger partial charge in [-0.15, -0.1) is 0 Å². The number of benzene rings is 1. The van der Waals surface area contributed by atoms with E-state index in [1.807, 2.05) is 13.1 Å². The van der Waals surface area contributed by atoms with Crippen LogP contribution in [0, 0.1) is 0 Å². The van der Waals surface area contributed by atoms with E-state index < -0.39 is 0 Å². The van der Waals surface area contributed by atoms with E-state index in [1.165, 1.54) is 5.56 Å². The maximum absolute atomic E-state index is 3.18. The summed E-state index contributed by atoms with van der Waals surface area (Å²) in [7, 11) is 1.97.